The number of hydrogen-bond donors (Lipinski definition) is 2. The van der Waals surface area contributed by atoms with Crippen LogP contribution in [0.15, 0.2) is 17.5 Å². The van der Waals surface area contributed by atoms with Gasteiger partial charge in [-0.3, -0.25) is 4.79 Å². The maximum Gasteiger partial charge on any atom is 0.223 e. The molecule has 0 saturated carbocycles. The number of nitrogens with one attached hydrogen (secondary N) is 1. The molecule has 0 aliphatic heterocycles. The van der Waals surface area contributed by atoms with Gasteiger partial charge in [0.05, 0.1) is 18.6 Å². The molecule has 0 aliphatic carbocycles. The Hall–Kier alpha value is -0.910. The minimum atomic E-state index is -0.185. The highest BCUT2D eigenvalue weighted by atomic mass is 32.1. The number of thiophene rings is 1. The minimum absolute atomic E-state index is 0.0187. The third-order valence-corrected chi connectivity index (χ3v) is 3.48. The second-order valence-corrected chi connectivity index (χ2v) is 4.80. The standard InChI is InChI=1S/C12H20N2O2S/c1-3-16-10(8-13)7-12(15)14-9(2)11-5-4-6-17-11/h4-6,9-10H,3,7-8,13H2,1-2H3,(H,14,15)/t9-,10?/m0/s1. The van der Waals surface area contributed by atoms with Gasteiger partial charge in [0.15, 0.2) is 0 Å². The lowest BCUT2D eigenvalue weighted by molar-refractivity contribution is -0.124. The number of carbonyl (C=O) groups is 1. The first kappa shape index (κ1) is 14.2. The van der Waals surface area contributed by atoms with Crippen LogP contribution in [0.5, 0.6) is 0 Å². The zero-order valence-corrected chi connectivity index (χ0v) is 11.1. The van der Waals surface area contributed by atoms with Gasteiger partial charge in [-0.15, -0.1) is 11.3 Å². The van der Waals surface area contributed by atoms with Crippen molar-refractivity contribution in [2.24, 2.45) is 5.73 Å². The molecule has 2 atom stereocenters. The molecule has 0 aliphatic rings. The lowest BCUT2D eigenvalue weighted by Gasteiger charge is -2.17. The first-order valence-corrected chi connectivity index (χ1v) is 6.69. The normalized spacial score (nSPS) is 14.3. The van der Waals surface area contributed by atoms with Crippen LogP contribution in [0, 0.1) is 0 Å². The van der Waals surface area contributed by atoms with Crippen molar-refractivity contribution in [2.75, 3.05) is 13.2 Å². The molecule has 0 aromatic carbocycles. The van der Waals surface area contributed by atoms with E-state index in [1.165, 1.54) is 0 Å². The lowest BCUT2D eigenvalue weighted by atomic mass is 10.2. The van der Waals surface area contributed by atoms with E-state index in [4.69, 9.17) is 10.5 Å². The van der Waals surface area contributed by atoms with E-state index in [0.29, 0.717) is 19.6 Å². The summed E-state index contributed by atoms with van der Waals surface area (Å²) in [7, 11) is 0. The fraction of sp³-hybridized carbons (Fsp3) is 0.583. The molecule has 17 heavy (non-hydrogen) atoms. The van der Waals surface area contributed by atoms with Crippen molar-refractivity contribution < 1.29 is 9.53 Å². The lowest BCUT2D eigenvalue weighted by Crippen LogP contribution is -2.33. The van der Waals surface area contributed by atoms with E-state index in [0.717, 1.165) is 4.88 Å². The van der Waals surface area contributed by atoms with Crippen molar-refractivity contribution in [3.8, 4) is 0 Å². The van der Waals surface area contributed by atoms with Crippen molar-refractivity contribution in [3.63, 3.8) is 0 Å². The summed E-state index contributed by atoms with van der Waals surface area (Å²) in [5, 5.41) is 4.94. The average Bonchev–Trinajstić information content (AvgIpc) is 2.81. The van der Waals surface area contributed by atoms with Gasteiger partial charge in [0, 0.05) is 18.0 Å². The average molecular weight is 256 g/mol. The molecule has 0 saturated heterocycles. The Morgan fingerprint density at radius 2 is 2.41 bits per heavy atom. The molecule has 1 unspecified atom stereocenters. The van der Waals surface area contributed by atoms with Crippen molar-refractivity contribution in [3.05, 3.63) is 22.4 Å². The summed E-state index contributed by atoms with van der Waals surface area (Å²) in [6.45, 7) is 4.82. The predicted molar refractivity (Wildman–Crippen MR) is 70.0 cm³/mol. The first-order valence-electron chi connectivity index (χ1n) is 5.81. The van der Waals surface area contributed by atoms with E-state index in [9.17, 15) is 4.79 Å². The second-order valence-electron chi connectivity index (χ2n) is 3.82. The summed E-state index contributed by atoms with van der Waals surface area (Å²) in [6, 6.07) is 4.03. The van der Waals surface area contributed by atoms with Crippen LogP contribution in [0.3, 0.4) is 0 Å². The van der Waals surface area contributed by atoms with Crippen LogP contribution in [0.25, 0.3) is 0 Å². The Labute approximate surface area is 106 Å². The van der Waals surface area contributed by atoms with E-state index in [1.807, 2.05) is 31.4 Å². The van der Waals surface area contributed by atoms with Crippen LogP contribution in [0.2, 0.25) is 0 Å². The van der Waals surface area contributed by atoms with Gasteiger partial charge in [-0.05, 0) is 25.3 Å². The van der Waals surface area contributed by atoms with Gasteiger partial charge in [-0.1, -0.05) is 6.07 Å². The SMILES string of the molecule is CCOC(CN)CC(=O)N[C@@H](C)c1cccs1. The molecule has 5 heteroatoms. The Morgan fingerprint density at radius 1 is 1.65 bits per heavy atom. The molecule has 96 valence electrons. The van der Waals surface area contributed by atoms with Gasteiger partial charge in [0.2, 0.25) is 5.91 Å². The molecule has 0 bridgehead atoms. The Kier molecular flexibility index (Phi) is 6.18. The van der Waals surface area contributed by atoms with E-state index in [2.05, 4.69) is 5.32 Å². The highest BCUT2D eigenvalue weighted by Crippen LogP contribution is 2.18. The van der Waals surface area contributed by atoms with Crippen LogP contribution >= 0.6 is 11.3 Å². The Bertz CT molecular complexity index is 327. The van der Waals surface area contributed by atoms with Crippen LogP contribution in [0.4, 0.5) is 0 Å². The number of rotatable bonds is 7. The molecule has 3 N–H and O–H groups in total. The van der Waals surface area contributed by atoms with Gasteiger partial charge in [-0.2, -0.15) is 0 Å². The summed E-state index contributed by atoms with van der Waals surface area (Å²) in [5.74, 6) is -0.0187. The van der Waals surface area contributed by atoms with Crippen LogP contribution in [-0.4, -0.2) is 25.2 Å². The highest BCUT2D eigenvalue weighted by molar-refractivity contribution is 7.10. The molecular formula is C12H20N2O2S. The molecule has 0 radical (unpaired) electrons. The smallest absolute Gasteiger partial charge is 0.223 e. The number of amides is 1. The predicted octanol–water partition coefficient (Wildman–Crippen LogP) is 1.68. The van der Waals surface area contributed by atoms with Gasteiger partial charge in [0.1, 0.15) is 0 Å². The second kappa shape index (κ2) is 7.42. The van der Waals surface area contributed by atoms with Crippen LogP contribution in [-0.2, 0) is 9.53 Å². The number of nitrogens with two attached hydrogens (primary N) is 1. The Balaban J connectivity index is 2.38. The summed E-state index contributed by atoms with van der Waals surface area (Å²) < 4.78 is 5.35. The van der Waals surface area contributed by atoms with E-state index in [-0.39, 0.29) is 18.1 Å². The summed E-state index contributed by atoms with van der Waals surface area (Å²) in [4.78, 5) is 12.9. The highest BCUT2D eigenvalue weighted by Gasteiger charge is 2.15. The minimum Gasteiger partial charge on any atom is -0.377 e. The molecule has 4 nitrogen and oxygen atoms in total. The fourth-order valence-corrected chi connectivity index (χ4v) is 2.30. The molecule has 1 heterocycles. The quantitative estimate of drug-likeness (QED) is 0.780. The van der Waals surface area contributed by atoms with Crippen molar-refractivity contribution >= 4 is 17.2 Å². The third kappa shape index (κ3) is 4.85. The zero-order valence-electron chi connectivity index (χ0n) is 10.3. The molecule has 0 fully saturated rings. The van der Waals surface area contributed by atoms with Gasteiger partial charge in [0.25, 0.3) is 0 Å². The van der Waals surface area contributed by atoms with Gasteiger partial charge < -0.3 is 15.8 Å². The molecule has 1 rings (SSSR count). The fourth-order valence-electron chi connectivity index (χ4n) is 1.56. The van der Waals surface area contributed by atoms with E-state index >= 15 is 0 Å². The van der Waals surface area contributed by atoms with Crippen molar-refractivity contribution in [1.29, 1.82) is 0 Å². The topological polar surface area (TPSA) is 64.3 Å². The third-order valence-electron chi connectivity index (χ3n) is 2.43. The van der Waals surface area contributed by atoms with Crippen molar-refractivity contribution in [2.45, 2.75) is 32.4 Å². The summed E-state index contributed by atoms with van der Waals surface area (Å²) >= 11 is 1.64. The van der Waals surface area contributed by atoms with Crippen LogP contribution < -0.4 is 11.1 Å². The number of carbonyl (C=O) groups excluding carboxylic acids is 1. The molecule has 0 spiro atoms. The molecular weight excluding hydrogens is 236 g/mol. The monoisotopic (exact) mass is 256 g/mol. The van der Waals surface area contributed by atoms with Gasteiger partial charge in [-0.25, -0.2) is 0 Å². The summed E-state index contributed by atoms with van der Waals surface area (Å²) in [5.41, 5.74) is 5.53. The van der Waals surface area contributed by atoms with Crippen molar-refractivity contribution in [1.82, 2.24) is 5.32 Å². The largest absolute Gasteiger partial charge is 0.377 e. The molecule has 1 amide bonds. The first-order chi connectivity index (χ1) is 8.17. The summed E-state index contributed by atoms with van der Waals surface area (Å²) in [6.07, 6.45) is 0.135. The molecule has 1 aromatic rings. The number of hydrogen-bond acceptors (Lipinski definition) is 4. The maximum absolute atomic E-state index is 11.8. The van der Waals surface area contributed by atoms with Gasteiger partial charge >= 0.3 is 0 Å². The number of ether oxygens (including phenoxy) is 1. The van der Waals surface area contributed by atoms with Crippen LogP contribution in [0.1, 0.15) is 31.2 Å². The van der Waals surface area contributed by atoms with E-state index < -0.39 is 0 Å². The van der Waals surface area contributed by atoms with E-state index in [1.54, 1.807) is 11.3 Å². The zero-order chi connectivity index (χ0) is 12.7. The molecule has 1 aromatic heterocycles. The Morgan fingerprint density at radius 3 is 2.94 bits per heavy atom. The maximum atomic E-state index is 11.8.